The van der Waals surface area contributed by atoms with Crippen molar-refractivity contribution in [2.24, 2.45) is 0 Å². The van der Waals surface area contributed by atoms with Crippen LogP contribution >= 0.6 is 0 Å². The average molecular weight is 853 g/mol. The summed E-state index contributed by atoms with van der Waals surface area (Å²) in [7, 11) is 0. The van der Waals surface area contributed by atoms with Crippen molar-refractivity contribution in [2.45, 2.75) is 5.41 Å². The average Bonchev–Trinajstić information content (AvgIpc) is 3.90. The van der Waals surface area contributed by atoms with E-state index < -0.39 is 5.41 Å². The van der Waals surface area contributed by atoms with Gasteiger partial charge >= 0.3 is 0 Å². The van der Waals surface area contributed by atoms with Crippen LogP contribution in [-0.2, 0) is 5.41 Å². The van der Waals surface area contributed by atoms with Crippen LogP contribution in [0, 0.1) is 0 Å². The maximum atomic E-state index is 2.49. The minimum atomic E-state index is -0.578. The minimum Gasteiger partial charge on any atom is -0.310 e. The normalized spacial score (nSPS) is 14.0. The molecular formula is C65H44N2. The number of hydrogen-bond donors (Lipinski definition) is 0. The molecule has 0 fully saturated rings. The second-order valence-corrected chi connectivity index (χ2v) is 17.6. The van der Waals surface area contributed by atoms with Crippen molar-refractivity contribution >= 4 is 49.6 Å². The molecule has 1 aromatic heterocycles. The Kier molecular flexibility index (Phi) is 9.11. The van der Waals surface area contributed by atoms with E-state index in [1.54, 1.807) is 0 Å². The van der Waals surface area contributed by atoms with Crippen molar-refractivity contribution in [2.75, 3.05) is 4.90 Å². The highest BCUT2D eigenvalue weighted by molar-refractivity contribution is 6.11. The van der Waals surface area contributed by atoms with E-state index in [2.05, 4.69) is 276 Å². The van der Waals surface area contributed by atoms with E-state index in [1.807, 2.05) is 0 Å². The van der Waals surface area contributed by atoms with Gasteiger partial charge in [-0.2, -0.15) is 0 Å². The highest BCUT2D eigenvalue weighted by Crippen LogP contribution is 2.57. The first-order chi connectivity index (χ1) is 33.2. The van der Waals surface area contributed by atoms with Crippen molar-refractivity contribution < 1.29 is 0 Å². The fourth-order valence-electron chi connectivity index (χ4n) is 11.1. The second kappa shape index (κ2) is 15.8. The first-order valence-electron chi connectivity index (χ1n) is 23.2. The van der Waals surface area contributed by atoms with E-state index in [-0.39, 0.29) is 0 Å². The molecule has 0 aliphatic heterocycles. The number of nitrogens with zero attached hydrogens (tertiary/aromatic N) is 2. The largest absolute Gasteiger partial charge is 0.310 e. The summed E-state index contributed by atoms with van der Waals surface area (Å²) >= 11 is 0. The highest BCUT2D eigenvalue weighted by Gasteiger charge is 2.46. The lowest BCUT2D eigenvalue weighted by molar-refractivity contribution is 0.768. The third kappa shape index (κ3) is 6.18. The monoisotopic (exact) mass is 852 g/mol. The van der Waals surface area contributed by atoms with Gasteiger partial charge in [0.25, 0.3) is 0 Å². The fraction of sp³-hybridized carbons (Fsp3) is 0.0154. The van der Waals surface area contributed by atoms with Gasteiger partial charge in [-0.25, -0.2) is 0 Å². The van der Waals surface area contributed by atoms with E-state index >= 15 is 0 Å². The summed E-state index contributed by atoms with van der Waals surface area (Å²) in [6, 6.07) is 98.3. The standard InChI is InChI=1S/C65H44N2/c1-4-17-45(18-5-1)47-31-35-51(36-32-47)65(50-23-8-3-9-24-50)60-28-14-12-26-56(60)57-41-39-53(43-61(57)65)66(62-30-16-22-49-21-10-11-25-55(49)62)54-40-42-59-58-27-13-15-29-63(58)67(64(59)44-54)52-37-33-48(34-38-52)46-19-6-2-7-20-46/h1-44H. The first-order valence-corrected chi connectivity index (χ1v) is 23.2. The molecule has 67 heavy (non-hydrogen) atoms. The van der Waals surface area contributed by atoms with E-state index in [1.165, 1.54) is 82.7 Å². The lowest BCUT2D eigenvalue weighted by Crippen LogP contribution is -2.28. The summed E-state index contributed by atoms with van der Waals surface area (Å²) < 4.78 is 2.43. The molecule has 12 aromatic rings. The van der Waals surface area contributed by atoms with Gasteiger partial charge in [0.2, 0.25) is 0 Å². The zero-order chi connectivity index (χ0) is 44.3. The third-order valence-corrected chi connectivity index (χ3v) is 14.1. The maximum absolute atomic E-state index is 2.49. The van der Waals surface area contributed by atoms with Gasteiger partial charge in [-0.3, -0.25) is 0 Å². The third-order valence-electron chi connectivity index (χ3n) is 14.1. The molecule has 1 unspecified atom stereocenters. The van der Waals surface area contributed by atoms with Gasteiger partial charge in [0.15, 0.2) is 0 Å². The van der Waals surface area contributed by atoms with Gasteiger partial charge in [0, 0.05) is 33.2 Å². The molecule has 0 bridgehead atoms. The van der Waals surface area contributed by atoms with Gasteiger partial charge in [-0.15, -0.1) is 0 Å². The van der Waals surface area contributed by atoms with E-state index in [0.717, 1.165) is 28.3 Å². The van der Waals surface area contributed by atoms with Gasteiger partial charge < -0.3 is 9.47 Å². The number of aromatic nitrogens is 1. The molecule has 2 heteroatoms. The molecule has 2 nitrogen and oxygen atoms in total. The minimum absolute atomic E-state index is 0.578. The molecule has 1 aliphatic rings. The molecule has 1 atom stereocenters. The lowest BCUT2D eigenvalue weighted by Gasteiger charge is -2.35. The Labute approximate surface area is 390 Å². The number of benzene rings is 11. The number of fused-ring (bicyclic) bond motifs is 7. The second-order valence-electron chi connectivity index (χ2n) is 17.6. The summed E-state index contributed by atoms with van der Waals surface area (Å²) in [5.74, 6) is 0. The van der Waals surface area contributed by atoms with Crippen molar-refractivity contribution in [3.05, 3.63) is 289 Å². The van der Waals surface area contributed by atoms with Gasteiger partial charge in [-0.05, 0) is 110 Å². The van der Waals surface area contributed by atoms with Crippen LogP contribution in [0.4, 0.5) is 17.1 Å². The molecule has 0 N–H and O–H groups in total. The van der Waals surface area contributed by atoms with E-state index in [9.17, 15) is 0 Å². The van der Waals surface area contributed by atoms with Gasteiger partial charge in [0.1, 0.15) is 0 Å². The van der Waals surface area contributed by atoms with Crippen LogP contribution < -0.4 is 4.90 Å². The molecule has 0 amide bonds. The van der Waals surface area contributed by atoms with Crippen molar-refractivity contribution in [3.63, 3.8) is 0 Å². The summed E-state index contributed by atoms with van der Waals surface area (Å²) in [6.45, 7) is 0. The maximum Gasteiger partial charge on any atom is 0.0714 e. The van der Waals surface area contributed by atoms with Crippen LogP contribution in [0.3, 0.4) is 0 Å². The van der Waals surface area contributed by atoms with Crippen LogP contribution in [0.25, 0.3) is 71.6 Å². The number of rotatable bonds is 8. The van der Waals surface area contributed by atoms with Gasteiger partial charge in [-0.1, -0.05) is 218 Å². The smallest absolute Gasteiger partial charge is 0.0714 e. The molecule has 0 radical (unpaired) electrons. The van der Waals surface area contributed by atoms with Gasteiger partial charge in [0.05, 0.1) is 22.1 Å². The van der Waals surface area contributed by atoms with Crippen molar-refractivity contribution in [1.29, 1.82) is 0 Å². The zero-order valence-corrected chi connectivity index (χ0v) is 36.8. The highest BCUT2D eigenvalue weighted by atomic mass is 15.1. The van der Waals surface area contributed by atoms with Crippen LogP contribution in [0.2, 0.25) is 0 Å². The van der Waals surface area contributed by atoms with Crippen molar-refractivity contribution in [1.82, 2.24) is 4.57 Å². The molecule has 1 aliphatic carbocycles. The Bertz CT molecular complexity index is 3770. The Morgan fingerprint density at radius 1 is 0.313 bits per heavy atom. The fourth-order valence-corrected chi connectivity index (χ4v) is 11.1. The first kappa shape index (κ1) is 38.7. The van der Waals surface area contributed by atoms with Crippen LogP contribution in [0.5, 0.6) is 0 Å². The number of anilines is 3. The van der Waals surface area contributed by atoms with Crippen LogP contribution in [0.1, 0.15) is 22.3 Å². The molecule has 0 spiro atoms. The quantitative estimate of drug-likeness (QED) is 0.148. The lowest BCUT2D eigenvalue weighted by atomic mass is 9.67. The molecule has 0 saturated heterocycles. The predicted octanol–water partition coefficient (Wildman–Crippen LogP) is 17.1. The molecule has 0 saturated carbocycles. The zero-order valence-electron chi connectivity index (χ0n) is 36.8. The molecular weight excluding hydrogens is 809 g/mol. The summed E-state index contributed by atoms with van der Waals surface area (Å²) in [6.07, 6.45) is 0. The number of para-hydroxylation sites is 1. The van der Waals surface area contributed by atoms with E-state index in [0.29, 0.717) is 0 Å². The SMILES string of the molecule is c1ccc(-c2ccc(-n3c4ccccc4c4ccc(N(c5ccc6c(c5)C(c5ccccc5)(c5ccc(-c7ccccc7)cc5)c5ccccc5-6)c5cccc6ccccc56)cc43)cc2)cc1. The number of hydrogen-bond acceptors (Lipinski definition) is 1. The predicted molar refractivity (Wildman–Crippen MR) is 281 cm³/mol. The summed E-state index contributed by atoms with van der Waals surface area (Å²) in [4.78, 5) is 2.49. The van der Waals surface area contributed by atoms with E-state index in [4.69, 9.17) is 0 Å². The van der Waals surface area contributed by atoms with Crippen molar-refractivity contribution in [3.8, 4) is 39.1 Å². The Balaban J connectivity index is 1.05. The summed E-state index contributed by atoms with van der Waals surface area (Å²) in [5.41, 5.74) is 18.6. The Hall–Kier alpha value is -8.72. The van der Waals surface area contributed by atoms with Crippen LogP contribution in [0.15, 0.2) is 267 Å². The molecule has 314 valence electrons. The topological polar surface area (TPSA) is 8.17 Å². The Morgan fingerprint density at radius 2 is 0.836 bits per heavy atom. The Morgan fingerprint density at radius 3 is 1.58 bits per heavy atom. The summed E-state index contributed by atoms with van der Waals surface area (Å²) in [5, 5.41) is 4.84. The molecule has 13 rings (SSSR count). The van der Waals surface area contributed by atoms with Crippen LogP contribution in [-0.4, -0.2) is 4.57 Å². The molecule has 11 aromatic carbocycles. The molecule has 1 heterocycles.